The molecule has 0 saturated carbocycles. The van der Waals surface area contributed by atoms with Crippen molar-refractivity contribution in [3.63, 3.8) is 0 Å². The molecule has 0 aliphatic carbocycles. The molecule has 2 aromatic carbocycles. The van der Waals surface area contributed by atoms with Gasteiger partial charge in [-0.25, -0.2) is 0 Å². The van der Waals surface area contributed by atoms with E-state index in [-0.39, 0.29) is 17.2 Å². The van der Waals surface area contributed by atoms with Gasteiger partial charge >= 0.3 is 0 Å². The van der Waals surface area contributed by atoms with E-state index in [4.69, 9.17) is 0 Å². The summed E-state index contributed by atoms with van der Waals surface area (Å²) < 4.78 is 0. The van der Waals surface area contributed by atoms with E-state index in [2.05, 4.69) is 29.4 Å². The Morgan fingerprint density at radius 1 is 1.00 bits per heavy atom. The lowest BCUT2D eigenvalue weighted by molar-refractivity contribution is -0.384. The fraction of sp³-hybridized carbons (Fsp3) is 0.364. The standard InChI is InChI=1S/C22H29N5O4/c1-5-26(6-2)14-13-23-22(29)19-15-17(9-12-20(19)25(3)4)24-21(28)16-7-10-18(11-8-16)27(30)31/h7-12,15H,5-6,13-14H2,1-4H3,(H,23,29)(H,24,28). The number of hydrogen-bond acceptors (Lipinski definition) is 6. The Bertz CT molecular complexity index is 924. The van der Waals surface area contributed by atoms with Crippen LogP contribution in [0.2, 0.25) is 0 Å². The molecule has 0 aromatic heterocycles. The zero-order valence-corrected chi connectivity index (χ0v) is 18.3. The number of non-ortho nitro benzene ring substituents is 1. The first-order chi connectivity index (χ1) is 14.8. The van der Waals surface area contributed by atoms with Crippen LogP contribution in [-0.4, -0.2) is 61.9 Å². The predicted molar refractivity (Wildman–Crippen MR) is 122 cm³/mol. The van der Waals surface area contributed by atoms with Crippen molar-refractivity contribution in [3.05, 3.63) is 63.7 Å². The Balaban J connectivity index is 2.15. The van der Waals surface area contributed by atoms with Gasteiger partial charge in [0, 0.05) is 56.3 Å². The third-order valence-corrected chi connectivity index (χ3v) is 4.93. The number of likely N-dealkylation sites (N-methyl/N-ethyl adjacent to an activating group) is 1. The molecule has 2 rings (SSSR count). The lowest BCUT2D eigenvalue weighted by Gasteiger charge is -2.20. The van der Waals surface area contributed by atoms with Crippen LogP contribution >= 0.6 is 0 Å². The molecule has 2 aromatic rings. The first-order valence-corrected chi connectivity index (χ1v) is 10.1. The number of nitro benzene ring substituents is 1. The van der Waals surface area contributed by atoms with Crippen LogP contribution in [0.1, 0.15) is 34.6 Å². The molecule has 0 aliphatic rings. The fourth-order valence-electron chi connectivity index (χ4n) is 3.09. The van der Waals surface area contributed by atoms with Gasteiger partial charge < -0.3 is 20.4 Å². The van der Waals surface area contributed by atoms with Crippen molar-refractivity contribution in [1.29, 1.82) is 0 Å². The van der Waals surface area contributed by atoms with Crippen molar-refractivity contribution >= 4 is 28.9 Å². The maximum Gasteiger partial charge on any atom is 0.269 e. The Morgan fingerprint density at radius 2 is 1.65 bits per heavy atom. The van der Waals surface area contributed by atoms with Gasteiger partial charge in [-0.05, 0) is 43.4 Å². The molecule has 0 fully saturated rings. The van der Waals surface area contributed by atoms with Gasteiger partial charge in [0.05, 0.1) is 10.5 Å². The number of carbonyl (C=O) groups is 2. The summed E-state index contributed by atoms with van der Waals surface area (Å²) in [4.78, 5) is 39.6. The molecular formula is C22H29N5O4. The van der Waals surface area contributed by atoms with E-state index in [1.807, 2.05) is 19.0 Å². The van der Waals surface area contributed by atoms with Crippen molar-refractivity contribution in [2.75, 3.05) is 50.5 Å². The van der Waals surface area contributed by atoms with Crippen LogP contribution in [0.5, 0.6) is 0 Å². The second-order valence-electron chi connectivity index (χ2n) is 7.17. The zero-order chi connectivity index (χ0) is 23.0. The van der Waals surface area contributed by atoms with Gasteiger partial charge in [-0.2, -0.15) is 0 Å². The maximum atomic E-state index is 12.8. The fourth-order valence-corrected chi connectivity index (χ4v) is 3.09. The highest BCUT2D eigenvalue weighted by molar-refractivity contribution is 6.06. The summed E-state index contributed by atoms with van der Waals surface area (Å²) in [6, 6.07) is 10.4. The number of amides is 2. The van der Waals surface area contributed by atoms with E-state index in [1.165, 1.54) is 24.3 Å². The molecule has 31 heavy (non-hydrogen) atoms. The summed E-state index contributed by atoms with van der Waals surface area (Å²) in [6.45, 7) is 7.26. The third kappa shape index (κ3) is 6.51. The molecule has 2 N–H and O–H groups in total. The molecule has 9 heteroatoms. The van der Waals surface area contributed by atoms with Crippen LogP contribution in [0.15, 0.2) is 42.5 Å². The first kappa shape index (κ1) is 23.8. The minimum Gasteiger partial charge on any atom is -0.377 e. The number of nitro groups is 1. The van der Waals surface area contributed by atoms with Gasteiger partial charge in [0.15, 0.2) is 0 Å². The van der Waals surface area contributed by atoms with E-state index < -0.39 is 10.8 Å². The number of anilines is 2. The summed E-state index contributed by atoms with van der Waals surface area (Å²) in [5.41, 5.74) is 1.84. The summed E-state index contributed by atoms with van der Waals surface area (Å²) in [6.07, 6.45) is 0. The lowest BCUT2D eigenvalue weighted by Crippen LogP contribution is -2.35. The molecule has 9 nitrogen and oxygen atoms in total. The van der Waals surface area contributed by atoms with Gasteiger partial charge in [0.2, 0.25) is 0 Å². The molecule has 2 amide bonds. The summed E-state index contributed by atoms with van der Waals surface area (Å²) in [7, 11) is 3.69. The van der Waals surface area contributed by atoms with Crippen LogP contribution in [0, 0.1) is 10.1 Å². The molecule has 0 heterocycles. The van der Waals surface area contributed by atoms with E-state index in [0.717, 1.165) is 25.3 Å². The maximum absolute atomic E-state index is 12.8. The minimum atomic E-state index is -0.521. The summed E-state index contributed by atoms with van der Waals surface area (Å²) in [5, 5.41) is 16.5. The Labute approximate surface area is 182 Å². The van der Waals surface area contributed by atoms with E-state index in [0.29, 0.717) is 17.8 Å². The minimum absolute atomic E-state index is 0.0874. The lowest BCUT2D eigenvalue weighted by atomic mass is 10.1. The van der Waals surface area contributed by atoms with Gasteiger partial charge in [0.25, 0.3) is 17.5 Å². The van der Waals surface area contributed by atoms with Crippen molar-refractivity contribution < 1.29 is 14.5 Å². The van der Waals surface area contributed by atoms with Crippen molar-refractivity contribution in [2.24, 2.45) is 0 Å². The van der Waals surface area contributed by atoms with Gasteiger partial charge in [-0.15, -0.1) is 0 Å². The van der Waals surface area contributed by atoms with E-state index in [1.54, 1.807) is 18.2 Å². The zero-order valence-electron chi connectivity index (χ0n) is 18.3. The van der Waals surface area contributed by atoms with Crippen molar-refractivity contribution in [1.82, 2.24) is 10.2 Å². The Hall–Kier alpha value is -3.46. The second-order valence-corrected chi connectivity index (χ2v) is 7.17. The highest BCUT2D eigenvalue weighted by Crippen LogP contribution is 2.23. The van der Waals surface area contributed by atoms with Crippen LogP contribution in [0.4, 0.5) is 17.1 Å². The first-order valence-electron chi connectivity index (χ1n) is 10.1. The summed E-state index contributed by atoms with van der Waals surface area (Å²) >= 11 is 0. The van der Waals surface area contributed by atoms with E-state index >= 15 is 0 Å². The molecule has 0 atom stereocenters. The predicted octanol–water partition coefficient (Wildman–Crippen LogP) is 2.98. The molecule has 0 radical (unpaired) electrons. The smallest absolute Gasteiger partial charge is 0.269 e. The van der Waals surface area contributed by atoms with Gasteiger partial charge in [-0.3, -0.25) is 19.7 Å². The summed E-state index contributed by atoms with van der Waals surface area (Å²) in [5.74, 6) is -0.636. The normalized spacial score (nSPS) is 10.6. The molecule has 0 saturated heterocycles. The number of nitrogens with zero attached hydrogens (tertiary/aromatic N) is 3. The van der Waals surface area contributed by atoms with Crippen LogP contribution < -0.4 is 15.5 Å². The Kier molecular flexibility index (Phi) is 8.51. The number of carbonyl (C=O) groups excluding carboxylic acids is 2. The second kappa shape index (κ2) is 11.1. The number of rotatable bonds is 10. The highest BCUT2D eigenvalue weighted by Gasteiger charge is 2.16. The molecule has 166 valence electrons. The SMILES string of the molecule is CCN(CC)CCNC(=O)c1cc(NC(=O)c2ccc([N+](=O)[O-])cc2)ccc1N(C)C. The molecular weight excluding hydrogens is 398 g/mol. The van der Waals surface area contributed by atoms with Gasteiger partial charge in [-0.1, -0.05) is 13.8 Å². The molecule has 0 bridgehead atoms. The van der Waals surface area contributed by atoms with Crippen LogP contribution in [0.3, 0.4) is 0 Å². The topological polar surface area (TPSA) is 108 Å². The van der Waals surface area contributed by atoms with Crippen LogP contribution in [-0.2, 0) is 0 Å². The highest BCUT2D eigenvalue weighted by atomic mass is 16.6. The van der Waals surface area contributed by atoms with Gasteiger partial charge in [0.1, 0.15) is 0 Å². The third-order valence-electron chi connectivity index (χ3n) is 4.93. The van der Waals surface area contributed by atoms with Crippen LogP contribution in [0.25, 0.3) is 0 Å². The van der Waals surface area contributed by atoms with Crippen molar-refractivity contribution in [2.45, 2.75) is 13.8 Å². The molecule has 0 spiro atoms. The monoisotopic (exact) mass is 427 g/mol. The quantitative estimate of drug-likeness (QED) is 0.446. The number of hydrogen-bond donors (Lipinski definition) is 2. The average Bonchev–Trinajstić information content (AvgIpc) is 2.76. The average molecular weight is 428 g/mol. The number of benzene rings is 2. The molecule has 0 unspecified atom stereocenters. The molecule has 0 aliphatic heterocycles. The Morgan fingerprint density at radius 3 is 2.19 bits per heavy atom. The van der Waals surface area contributed by atoms with E-state index in [9.17, 15) is 19.7 Å². The largest absolute Gasteiger partial charge is 0.377 e. The van der Waals surface area contributed by atoms with Crippen molar-refractivity contribution in [3.8, 4) is 0 Å². The number of nitrogens with one attached hydrogen (secondary N) is 2.